The highest BCUT2D eigenvalue weighted by Gasteiger charge is 2.00. The molecular weight excluding hydrogens is 327 g/mol. The topological polar surface area (TPSA) is 36.1 Å². The van der Waals surface area contributed by atoms with Crippen LogP contribution in [0, 0.1) is 15.0 Å². The molecular formula is C9H7IN2S2. The SMILES string of the molecule is CSC(=NC#N)Sc1ccc(I)cc1. The lowest BCUT2D eigenvalue weighted by Crippen LogP contribution is -1.83. The lowest BCUT2D eigenvalue weighted by atomic mass is 10.4. The van der Waals surface area contributed by atoms with Crippen molar-refractivity contribution < 1.29 is 0 Å². The molecule has 0 saturated carbocycles. The van der Waals surface area contributed by atoms with Gasteiger partial charge in [0.25, 0.3) is 0 Å². The number of thioether (sulfide) groups is 2. The van der Waals surface area contributed by atoms with Gasteiger partial charge in [-0.05, 0) is 53.1 Å². The number of aliphatic imine (C=N–C) groups is 1. The van der Waals surface area contributed by atoms with Crippen LogP contribution in [0.1, 0.15) is 0 Å². The number of nitriles is 1. The smallest absolute Gasteiger partial charge is 0.170 e. The van der Waals surface area contributed by atoms with Gasteiger partial charge in [0.15, 0.2) is 0 Å². The molecule has 0 aliphatic carbocycles. The summed E-state index contributed by atoms with van der Waals surface area (Å²) in [6, 6.07) is 8.12. The highest BCUT2D eigenvalue weighted by Crippen LogP contribution is 2.25. The Kier molecular flexibility index (Phi) is 5.37. The molecule has 0 amide bonds. The molecule has 0 bridgehead atoms. The molecule has 14 heavy (non-hydrogen) atoms. The summed E-state index contributed by atoms with van der Waals surface area (Å²) in [5.41, 5.74) is 0. The molecule has 0 aliphatic heterocycles. The second-order valence-corrected chi connectivity index (χ2v) is 5.60. The predicted octanol–water partition coefficient (Wildman–Crippen LogP) is 3.58. The summed E-state index contributed by atoms with van der Waals surface area (Å²) in [5.74, 6) is 0. The first-order valence-corrected chi connectivity index (χ1v) is 6.82. The van der Waals surface area contributed by atoms with Crippen molar-refractivity contribution in [1.82, 2.24) is 0 Å². The molecule has 72 valence electrons. The van der Waals surface area contributed by atoms with Gasteiger partial charge < -0.3 is 0 Å². The van der Waals surface area contributed by atoms with Crippen molar-refractivity contribution in [2.75, 3.05) is 6.26 Å². The van der Waals surface area contributed by atoms with E-state index in [1.165, 1.54) is 27.1 Å². The van der Waals surface area contributed by atoms with Gasteiger partial charge in [-0.3, -0.25) is 0 Å². The Morgan fingerprint density at radius 3 is 2.57 bits per heavy atom. The van der Waals surface area contributed by atoms with Gasteiger partial charge in [-0.15, -0.1) is 11.8 Å². The van der Waals surface area contributed by atoms with Crippen molar-refractivity contribution in [2.24, 2.45) is 4.99 Å². The molecule has 1 rings (SSSR count). The quantitative estimate of drug-likeness (QED) is 0.259. The van der Waals surface area contributed by atoms with E-state index in [1.54, 1.807) is 6.19 Å². The second kappa shape index (κ2) is 6.32. The minimum atomic E-state index is 0.772. The first kappa shape index (κ1) is 11.9. The zero-order valence-electron chi connectivity index (χ0n) is 7.40. The van der Waals surface area contributed by atoms with Crippen LogP contribution in [0.5, 0.6) is 0 Å². The summed E-state index contributed by atoms with van der Waals surface area (Å²) in [6.07, 6.45) is 3.71. The molecule has 0 radical (unpaired) electrons. The van der Waals surface area contributed by atoms with Crippen LogP contribution in [0.2, 0.25) is 0 Å². The van der Waals surface area contributed by atoms with E-state index in [0.717, 1.165) is 9.27 Å². The van der Waals surface area contributed by atoms with Crippen molar-refractivity contribution in [3.05, 3.63) is 27.8 Å². The monoisotopic (exact) mass is 334 g/mol. The molecule has 0 spiro atoms. The molecule has 0 N–H and O–H groups in total. The third-order valence-electron chi connectivity index (χ3n) is 1.33. The standard InChI is InChI=1S/C9H7IN2S2/c1-13-9(12-6-11)14-8-4-2-7(10)3-5-8/h2-5H,1H3. The van der Waals surface area contributed by atoms with Crippen molar-refractivity contribution in [3.8, 4) is 6.19 Å². The van der Waals surface area contributed by atoms with Crippen LogP contribution in [0.15, 0.2) is 34.2 Å². The van der Waals surface area contributed by atoms with E-state index < -0.39 is 0 Å². The van der Waals surface area contributed by atoms with E-state index >= 15 is 0 Å². The molecule has 0 aromatic heterocycles. The highest BCUT2D eigenvalue weighted by atomic mass is 127. The summed E-state index contributed by atoms with van der Waals surface area (Å²) >= 11 is 5.25. The van der Waals surface area contributed by atoms with Gasteiger partial charge >= 0.3 is 0 Å². The first-order chi connectivity index (χ1) is 6.76. The Morgan fingerprint density at radius 2 is 2.07 bits per heavy atom. The molecule has 0 fully saturated rings. The molecule has 1 aromatic rings. The minimum absolute atomic E-state index is 0.772. The Balaban J connectivity index is 2.74. The summed E-state index contributed by atoms with van der Waals surface area (Å²) in [6.45, 7) is 0. The Morgan fingerprint density at radius 1 is 1.43 bits per heavy atom. The lowest BCUT2D eigenvalue weighted by Gasteiger charge is -2.00. The number of rotatable bonds is 1. The van der Waals surface area contributed by atoms with E-state index in [0.29, 0.717) is 0 Å². The Bertz CT molecular complexity index is 367. The molecule has 0 aliphatic rings. The van der Waals surface area contributed by atoms with Gasteiger partial charge in [-0.25, -0.2) is 0 Å². The fourth-order valence-corrected chi connectivity index (χ4v) is 2.43. The van der Waals surface area contributed by atoms with Crippen LogP contribution in [0.4, 0.5) is 0 Å². The first-order valence-electron chi connectivity index (χ1n) is 3.70. The summed E-state index contributed by atoms with van der Waals surface area (Å²) in [4.78, 5) is 4.81. The van der Waals surface area contributed by atoms with Gasteiger partial charge in [-0.2, -0.15) is 10.3 Å². The van der Waals surface area contributed by atoms with Crippen LogP contribution in [0.3, 0.4) is 0 Å². The number of nitrogens with zero attached hydrogens (tertiary/aromatic N) is 2. The van der Waals surface area contributed by atoms with Gasteiger partial charge in [0.2, 0.25) is 6.19 Å². The maximum atomic E-state index is 8.42. The fourth-order valence-electron chi connectivity index (χ4n) is 0.754. The van der Waals surface area contributed by atoms with Gasteiger partial charge in [0.05, 0.1) is 0 Å². The van der Waals surface area contributed by atoms with E-state index in [4.69, 9.17) is 5.26 Å². The molecule has 1 aromatic carbocycles. The summed E-state index contributed by atoms with van der Waals surface area (Å²) in [7, 11) is 0. The number of hydrogen-bond donors (Lipinski definition) is 0. The van der Waals surface area contributed by atoms with Crippen molar-refractivity contribution >= 4 is 50.5 Å². The van der Waals surface area contributed by atoms with Gasteiger partial charge in [0.1, 0.15) is 4.38 Å². The Hall–Kier alpha value is -0.190. The third kappa shape index (κ3) is 3.90. The van der Waals surface area contributed by atoms with Crippen molar-refractivity contribution in [3.63, 3.8) is 0 Å². The minimum Gasteiger partial charge on any atom is -0.170 e. The van der Waals surface area contributed by atoms with Crippen molar-refractivity contribution in [1.29, 1.82) is 5.26 Å². The maximum absolute atomic E-state index is 8.42. The average Bonchev–Trinajstić information content (AvgIpc) is 2.20. The van der Waals surface area contributed by atoms with Crippen LogP contribution in [0.25, 0.3) is 0 Å². The zero-order chi connectivity index (χ0) is 10.4. The largest absolute Gasteiger partial charge is 0.207 e. The predicted molar refractivity (Wildman–Crippen MR) is 71.6 cm³/mol. The molecule has 0 unspecified atom stereocenters. The molecule has 2 nitrogen and oxygen atoms in total. The second-order valence-electron chi connectivity index (χ2n) is 2.24. The Labute approximate surface area is 105 Å². The van der Waals surface area contributed by atoms with Gasteiger partial charge in [-0.1, -0.05) is 11.8 Å². The number of hydrogen-bond acceptors (Lipinski definition) is 4. The van der Waals surface area contributed by atoms with E-state index in [1.807, 2.05) is 30.5 Å². The normalized spacial score (nSPS) is 11.1. The van der Waals surface area contributed by atoms with Gasteiger partial charge in [0, 0.05) is 8.47 Å². The van der Waals surface area contributed by atoms with Crippen LogP contribution >= 0.6 is 46.1 Å². The zero-order valence-corrected chi connectivity index (χ0v) is 11.2. The lowest BCUT2D eigenvalue weighted by molar-refractivity contribution is 1.44. The fraction of sp³-hybridized carbons (Fsp3) is 0.111. The third-order valence-corrected chi connectivity index (χ3v) is 4.02. The van der Waals surface area contributed by atoms with Crippen LogP contribution in [-0.4, -0.2) is 10.6 Å². The molecule has 5 heteroatoms. The highest BCUT2D eigenvalue weighted by molar-refractivity contribution is 14.1. The molecule has 0 saturated heterocycles. The van der Waals surface area contributed by atoms with E-state index in [9.17, 15) is 0 Å². The molecule has 0 atom stereocenters. The average molecular weight is 334 g/mol. The number of benzene rings is 1. The maximum Gasteiger partial charge on any atom is 0.207 e. The molecule has 0 heterocycles. The summed E-state index contributed by atoms with van der Waals surface area (Å²) < 4.78 is 1.98. The van der Waals surface area contributed by atoms with Crippen LogP contribution in [-0.2, 0) is 0 Å². The van der Waals surface area contributed by atoms with Crippen LogP contribution < -0.4 is 0 Å². The van der Waals surface area contributed by atoms with E-state index in [-0.39, 0.29) is 0 Å². The summed E-state index contributed by atoms with van der Waals surface area (Å²) in [5, 5.41) is 8.42. The number of halogens is 1. The van der Waals surface area contributed by atoms with Crippen molar-refractivity contribution in [2.45, 2.75) is 4.90 Å². The van der Waals surface area contributed by atoms with E-state index in [2.05, 4.69) is 27.6 Å².